The van der Waals surface area contributed by atoms with E-state index < -0.39 is 11.7 Å². The Morgan fingerprint density at radius 3 is 2.06 bits per heavy atom. The SMILES string of the molecule is CC(C)(C)Cc1ccc(C(F)(F)F)cc1N. The molecule has 0 saturated heterocycles. The van der Waals surface area contributed by atoms with Gasteiger partial charge in [0.25, 0.3) is 0 Å². The molecule has 0 aliphatic rings. The largest absolute Gasteiger partial charge is 0.416 e. The predicted molar refractivity (Wildman–Crippen MR) is 59.0 cm³/mol. The standard InChI is InChI=1S/C12H16F3N/c1-11(2,3)7-8-4-5-9(6-10(8)16)12(13,14)15/h4-6H,7,16H2,1-3H3. The maximum atomic E-state index is 12.4. The first-order valence-electron chi connectivity index (χ1n) is 5.05. The van der Waals surface area contributed by atoms with Crippen LogP contribution in [-0.2, 0) is 12.6 Å². The highest BCUT2D eigenvalue weighted by Gasteiger charge is 2.30. The molecule has 90 valence electrons. The number of hydrogen-bond donors (Lipinski definition) is 1. The van der Waals surface area contributed by atoms with E-state index >= 15 is 0 Å². The van der Waals surface area contributed by atoms with Gasteiger partial charge in [-0.25, -0.2) is 0 Å². The van der Waals surface area contributed by atoms with E-state index in [1.807, 2.05) is 20.8 Å². The van der Waals surface area contributed by atoms with E-state index in [-0.39, 0.29) is 11.1 Å². The Hall–Kier alpha value is -1.19. The van der Waals surface area contributed by atoms with Crippen molar-refractivity contribution in [3.8, 4) is 0 Å². The fourth-order valence-electron chi connectivity index (χ4n) is 1.50. The van der Waals surface area contributed by atoms with Gasteiger partial charge in [-0.05, 0) is 29.5 Å². The third kappa shape index (κ3) is 3.43. The number of alkyl halides is 3. The van der Waals surface area contributed by atoms with Crippen LogP contribution in [0.3, 0.4) is 0 Å². The first-order chi connectivity index (χ1) is 7.09. The molecule has 4 heteroatoms. The lowest BCUT2D eigenvalue weighted by molar-refractivity contribution is -0.137. The molecule has 0 aromatic heterocycles. The van der Waals surface area contributed by atoms with Crippen molar-refractivity contribution in [2.45, 2.75) is 33.4 Å². The molecule has 1 nitrogen and oxygen atoms in total. The quantitative estimate of drug-likeness (QED) is 0.729. The summed E-state index contributed by atoms with van der Waals surface area (Å²) in [5.74, 6) is 0. The normalized spacial score (nSPS) is 12.9. The molecule has 0 aliphatic heterocycles. The summed E-state index contributed by atoms with van der Waals surface area (Å²) in [6.45, 7) is 6.05. The molecule has 0 unspecified atom stereocenters. The second-order valence-corrected chi connectivity index (χ2v) is 5.15. The zero-order valence-electron chi connectivity index (χ0n) is 9.65. The van der Waals surface area contributed by atoms with Gasteiger partial charge >= 0.3 is 6.18 Å². The molecule has 0 heterocycles. The average molecular weight is 231 g/mol. The highest BCUT2D eigenvalue weighted by atomic mass is 19.4. The molecule has 16 heavy (non-hydrogen) atoms. The summed E-state index contributed by atoms with van der Waals surface area (Å²) >= 11 is 0. The lowest BCUT2D eigenvalue weighted by atomic mass is 9.87. The van der Waals surface area contributed by atoms with Crippen molar-refractivity contribution in [1.82, 2.24) is 0 Å². The average Bonchev–Trinajstić information content (AvgIpc) is 2.04. The van der Waals surface area contributed by atoms with Gasteiger partial charge in [-0.1, -0.05) is 26.8 Å². The third-order valence-electron chi connectivity index (χ3n) is 2.19. The van der Waals surface area contributed by atoms with E-state index in [0.29, 0.717) is 6.42 Å². The van der Waals surface area contributed by atoms with Gasteiger partial charge in [0.15, 0.2) is 0 Å². The Labute approximate surface area is 93.5 Å². The molecule has 1 aromatic rings. The van der Waals surface area contributed by atoms with E-state index in [4.69, 9.17) is 5.73 Å². The van der Waals surface area contributed by atoms with Crippen molar-refractivity contribution < 1.29 is 13.2 Å². The Morgan fingerprint density at radius 2 is 1.69 bits per heavy atom. The van der Waals surface area contributed by atoms with Gasteiger partial charge in [0.1, 0.15) is 0 Å². The molecule has 0 saturated carbocycles. The van der Waals surface area contributed by atoms with Crippen LogP contribution >= 0.6 is 0 Å². The highest BCUT2D eigenvalue weighted by Crippen LogP contribution is 2.33. The van der Waals surface area contributed by atoms with Crippen molar-refractivity contribution in [3.63, 3.8) is 0 Å². The third-order valence-corrected chi connectivity index (χ3v) is 2.19. The second kappa shape index (κ2) is 4.00. The molecular weight excluding hydrogens is 215 g/mol. The predicted octanol–water partition coefficient (Wildman–Crippen LogP) is 3.88. The molecular formula is C12H16F3N. The van der Waals surface area contributed by atoms with Crippen LogP contribution in [0.2, 0.25) is 0 Å². The van der Waals surface area contributed by atoms with Gasteiger partial charge in [0, 0.05) is 5.69 Å². The number of halogens is 3. The maximum absolute atomic E-state index is 12.4. The van der Waals surface area contributed by atoms with Crippen LogP contribution in [0, 0.1) is 5.41 Å². The van der Waals surface area contributed by atoms with Crippen LogP contribution in [0.5, 0.6) is 0 Å². The van der Waals surface area contributed by atoms with Crippen molar-refractivity contribution in [2.24, 2.45) is 5.41 Å². The topological polar surface area (TPSA) is 26.0 Å². The van der Waals surface area contributed by atoms with Gasteiger partial charge in [0.2, 0.25) is 0 Å². The van der Waals surface area contributed by atoms with Crippen molar-refractivity contribution in [2.75, 3.05) is 5.73 Å². The molecule has 0 amide bonds. The van der Waals surface area contributed by atoms with Crippen LogP contribution < -0.4 is 5.73 Å². The Balaban J connectivity index is 3.01. The van der Waals surface area contributed by atoms with E-state index in [1.165, 1.54) is 6.07 Å². The Kier molecular flexibility index (Phi) is 3.22. The number of nitrogen functional groups attached to an aromatic ring is 1. The summed E-state index contributed by atoms with van der Waals surface area (Å²) in [7, 11) is 0. The summed E-state index contributed by atoms with van der Waals surface area (Å²) < 4.78 is 37.1. The Bertz CT molecular complexity index is 375. The molecule has 0 spiro atoms. The van der Waals surface area contributed by atoms with Gasteiger partial charge < -0.3 is 5.73 Å². The monoisotopic (exact) mass is 231 g/mol. The van der Waals surface area contributed by atoms with Crippen LogP contribution in [-0.4, -0.2) is 0 Å². The van der Waals surface area contributed by atoms with Crippen LogP contribution in [0.25, 0.3) is 0 Å². The molecule has 1 rings (SSSR count). The molecule has 0 radical (unpaired) electrons. The smallest absolute Gasteiger partial charge is 0.398 e. The molecule has 0 atom stereocenters. The number of benzene rings is 1. The molecule has 0 bridgehead atoms. The maximum Gasteiger partial charge on any atom is 0.416 e. The first-order valence-corrected chi connectivity index (χ1v) is 5.05. The van der Waals surface area contributed by atoms with E-state index in [9.17, 15) is 13.2 Å². The first kappa shape index (κ1) is 12.9. The second-order valence-electron chi connectivity index (χ2n) is 5.15. The molecule has 0 aliphatic carbocycles. The highest BCUT2D eigenvalue weighted by molar-refractivity contribution is 5.50. The number of nitrogens with two attached hydrogens (primary N) is 1. The number of rotatable bonds is 1. The van der Waals surface area contributed by atoms with Crippen LogP contribution in [0.4, 0.5) is 18.9 Å². The van der Waals surface area contributed by atoms with Gasteiger partial charge in [0.05, 0.1) is 5.56 Å². The minimum atomic E-state index is -4.33. The van der Waals surface area contributed by atoms with E-state index in [1.54, 1.807) is 0 Å². The molecule has 1 aromatic carbocycles. The minimum absolute atomic E-state index is 0.00781. The van der Waals surface area contributed by atoms with E-state index in [2.05, 4.69) is 0 Å². The molecule has 0 fully saturated rings. The lowest BCUT2D eigenvalue weighted by Gasteiger charge is -2.20. The lowest BCUT2D eigenvalue weighted by Crippen LogP contribution is -2.12. The fraction of sp³-hybridized carbons (Fsp3) is 0.500. The molecule has 2 N–H and O–H groups in total. The van der Waals surface area contributed by atoms with Crippen molar-refractivity contribution >= 4 is 5.69 Å². The van der Waals surface area contributed by atoms with Crippen molar-refractivity contribution in [3.05, 3.63) is 29.3 Å². The Morgan fingerprint density at radius 1 is 1.12 bits per heavy atom. The van der Waals surface area contributed by atoms with Crippen molar-refractivity contribution in [1.29, 1.82) is 0 Å². The van der Waals surface area contributed by atoms with Crippen LogP contribution in [0.1, 0.15) is 31.9 Å². The summed E-state index contributed by atoms with van der Waals surface area (Å²) in [4.78, 5) is 0. The van der Waals surface area contributed by atoms with E-state index in [0.717, 1.165) is 17.7 Å². The number of hydrogen-bond acceptors (Lipinski definition) is 1. The zero-order chi connectivity index (χ0) is 12.6. The fourth-order valence-corrected chi connectivity index (χ4v) is 1.50. The number of anilines is 1. The summed E-state index contributed by atoms with van der Waals surface area (Å²) in [5, 5.41) is 0. The zero-order valence-corrected chi connectivity index (χ0v) is 9.65. The summed E-state index contributed by atoms with van der Waals surface area (Å²) in [6, 6.07) is 3.54. The van der Waals surface area contributed by atoms with Gasteiger partial charge in [-0.3, -0.25) is 0 Å². The summed E-state index contributed by atoms with van der Waals surface area (Å²) in [5.41, 5.74) is 5.92. The summed E-state index contributed by atoms with van der Waals surface area (Å²) in [6.07, 6.45) is -3.66. The van der Waals surface area contributed by atoms with Gasteiger partial charge in [-0.15, -0.1) is 0 Å². The minimum Gasteiger partial charge on any atom is -0.398 e. The van der Waals surface area contributed by atoms with Gasteiger partial charge in [-0.2, -0.15) is 13.2 Å². The van der Waals surface area contributed by atoms with Crippen LogP contribution in [0.15, 0.2) is 18.2 Å².